The van der Waals surface area contributed by atoms with Gasteiger partial charge in [-0.3, -0.25) is 4.79 Å². The second-order valence-electron chi connectivity index (χ2n) is 4.70. The van der Waals surface area contributed by atoms with Crippen LogP contribution in [-0.2, 0) is 11.2 Å². The molecule has 3 nitrogen and oxygen atoms in total. The number of hydrogen-bond donors (Lipinski definition) is 2. The van der Waals surface area contributed by atoms with Crippen LogP contribution in [0.5, 0.6) is 0 Å². The Labute approximate surface area is 107 Å². The molecular formula is C14H19FN2O. The lowest BCUT2D eigenvalue weighted by Crippen LogP contribution is -2.31. The minimum atomic E-state index is -0.315. The van der Waals surface area contributed by atoms with Crippen molar-refractivity contribution in [3.8, 4) is 0 Å². The SMILES string of the molecule is O=C(Cc1ccccc1F)NCC[C@@H]1CCCN1. The third-order valence-electron chi connectivity index (χ3n) is 3.29. The summed E-state index contributed by atoms with van der Waals surface area (Å²) in [5.74, 6) is -0.428. The van der Waals surface area contributed by atoms with Crippen molar-refractivity contribution in [2.45, 2.75) is 31.7 Å². The highest BCUT2D eigenvalue weighted by Gasteiger charge is 2.14. The van der Waals surface area contributed by atoms with Crippen LogP contribution in [0.15, 0.2) is 24.3 Å². The highest BCUT2D eigenvalue weighted by Crippen LogP contribution is 2.08. The first-order chi connectivity index (χ1) is 8.75. The predicted molar refractivity (Wildman–Crippen MR) is 68.8 cm³/mol. The van der Waals surface area contributed by atoms with E-state index in [0.29, 0.717) is 18.2 Å². The molecule has 2 rings (SSSR count). The Morgan fingerprint density at radius 2 is 2.28 bits per heavy atom. The Hall–Kier alpha value is -1.42. The van der Waals surface area contributed by atoms with Crippen molar-refractivity contribution in [2.75, 3.05) is 13.1 Å². The topological polar surface area (TPSA) is 41.1 Å². The number of halogens is 1. The maximum atomic E-state index is 13.3. The third kappa shape index (κ3) is 3.81. The average Bonchev–Trinajstić information content (AvgIpc) is 2.85. The fraction of sp³-hybridized carbons (Fsp3) is 0.500. The smallest absolute Gasteiger partial charge is 0.224 e. The lowest BCUT2D eigenvalue weighted by molar-refractivity contribution is -0.120. The van der Waals surface area contributed by atoms with E-state index in [9.17, 15) is 9.18 Å². The van der Waals surface area contributed by atoms with E-state index < -0.39 is 0 Å². The molecule has 0 bridgehead atoms. The molecule has 1 aromatic carbocycles. The maximum absolute atomic E-state index is 13.3. The molecule has 1 heterocycles. The van der Waals surface area contributed by atoms with Gasteiger partial charge in [-0.05, 0) is 37.4 Å². The van der Waals surface area contributed by atoms with E-state index in [1.54, 1.807) is 18.2 Å². The Kier molecular flexibility index (Phi) is 4.70. The Morgan fingerprint density at radius 1 is 1.44 bits per heavy atom. The summed E-state index contributed by atoms with van der Waals surface area (Å²) in [6.07, 6.45) is 3.46. The van der Waals surface area contributed by atoms with Crippen LogP contribution in [0, 0.1) is 5.82 Å². The first-order valence-corrected chi connectivity index (χ1v) is 6.49. The van der Waals surface area contributed by atoms with Crippen LogP contribution in [-0.4, -0.2) is 25.0 Å². The second-order valence-corrected chi connectivity index (χ2v) is 4.70. The van der Waals surface area contributed by atoms with Gasteiger partial charge in [0.1, 0.15) is 5.82 Å². The van der Waals surface area contributed by atoms with Crippen molar-refractivity contribution in [1.82, 2.24) is 10.6 Å². The van der Waals surface area contributed by atoms with Gasteiger partial charge in [-0.25, -0.2) is 4.39 Å². The van der Waals surface area contributed by atoms with Gasteiger partial charge in [0.25, 0.3) is 0 Å². The van der Waals surface area contributed by atoms with Crippen molar-refractivity contribution < 1.29 is 9.18 Å². The first-order valence-electron chi connectivity index (χ1n) is 6.49. The maximum Gasteiger partial charge on any atom is 0.224 e. The van der Waals surface area contributed by atoms with Crippen LogP contribution in [0.2, 0.25) is 0 Å². The summed E-state index contributed by atoms with van der Waals surface area (Å²) in [5.41, 5.74) is 0.453. The number of carbonyl (C=O) groups excluding carboxylic acids is 1. The van der Waals surface area contributed by atoms with E-state index >= 15 is 0 Å². The van der Waals surface area contributed by atoms with Gasteiger partial charge in [-0.2, -0.15) is 0 Å². The zero-order valence-corrected chi connectivity index (χ0v) is 10.4. The summed E-state index contributed by atoms with van der Waals surface area (Å²) >= 11 is 0. The van der Waals surface area contributed by atoms with E-state index in [4.69, 9.17) is 0 Å². The summed E-state index contributed by atoms with van der Waals surface area (Å²) in [6, 6.07) is 6.92. The molecule has 98 valence electrons. The Morgan fingerprint density at radius 3 is 3.00 bits per heavy atom. The number of amides is 1. The van der Waals surface area contributed by atoms with Gasteiger partial charge in [-0.15, -0.1) is 0 Å². The van der Waals surface area contributed by atoms with Crippen molar-refractivity contribution in [1.29, 1.82) is 0 Å². The summed E-state index contributed by atoms with van der Waals surface area (Å²) in [5, 5.41) is 6.22. The Balaban J connectivity index is 1.70. The van der Waals surface area contributed by atoms with Gasteiger partial charge in [0.2, 0.25) is 5.91 Å². The monoisotopic (exact) mass is 250 g/mol. The van der Waals surface area contributed by atoms with Gasteiger partial charge in [0.15, 0.2) is 0 Å². The molecule has 0 aromatic heterocycles. The fourth-order valence-electron chi connectivity index (χ4n) is 2.27. The number of rotatable bonds is 5. The molecule has 0 radical (unpaired) electrons. The van der Waals surface area contributed by atoms with Crippen molar-refractivity contribution >= 4 is 5.91 Å². The minimum absolute atomic E-state index is 0.113. The van der Waals surface area contributed by atoms with E-state index in [1.165, 1.54) is 18.9 Å². The van der Waals surface area contributed by atoms with Crippen LogP contribution >= 0.6 is 0 Å². The quantitative estimate of drug-likeness (QED) is 0.834. The molecule has 1 aliphatic heterocycles. The highest BCUT2D eigenvalue weighted by molar-refractivity contribution is 5.78. The van der Waals surface area contributed by atoms with E-state index in [0.717, 1.165) is 13.0 Å². The molecule has 1 saturated heterocycles. The lowest BCUT2D eigenvalue weighted by Gasteiger charge is -2.10. The van der Waals surface area contributed by atoms with Crippen LogP contribution in [0.1, 0.15) is 24.8 Å². The summed E-state index contributed by atoms with van der Waals surface area (Å²) in [4.78, 5) is 11.6. The number of carbonyl (C=O) groups is 1. The zero-order chi connectivity index (χ0) is 12.8. The molecule has 1 atom stereocenters. The summed E-state index contributed by atoms with van der Waals surface area (Å²) < 4.78 is 13.3. The van der Waals surface area contributed by atoms with Crippen molar-refractivity contribution in [2.24, 2.45) is 0 Å². The van der Waals surface area contributed by atoms with Crippen LogP contribution in [0.25, 0.3) is 0 Å². The zero-order valence-electron chi connectivity index (χ0n) is 10.4. The average molecular weight is 250 g/mol. The molecule has 0 spiro atoms. The van der Waals surface area contributed by atoms with Gasteiger partial charge >= 0.3 is 0 Å². The molecule has 1 aliphatic rings. The summed E-state index contributed by atoms with van der Waals surface area (Å²) in [6.45, 7) is 1.73. The van der Waals surface area contributed by atoms with E-state index in [-0.39, 0.29) is 18.1 Å². The first kappa shape index (κ1) is 13.0. The van der Waals surface area contributed by atoms with Gasteiger partial charge in [0, 0.05) is 12.6 Å². The molecule has 1 fully saturated rings. The lowest BCUT2D eigenvalue weighted by atomic mass is 10.1. The van der Waals surface area contributed by atoms with Crippen molar-refractivity contribution in [3.05, 3.63) is 35.6 Å². The standard InChI is InChI=1S/C14H19FN2O/c15-13-6-2-1-4-11(13)10-14(18)17-9-7-12-5-3-8-16-12/h1-2,4,6,12,16H,3,5,7-10H2,(H,17,18)/t12-/m0/s1. The molecule has 0 aliphatic carbocycles. The third-order valence-corrected chi connectivity index (χ3v) is 3.29. The second kappa shape index (κ2) is 6.50. The molecular weight excluding hydrogens is 231 g/mol. The molecule has 1 aromatic rings. The molecule has 2 N–H and O–H groups in total. The van der Waals surface area contributed by atoms with Crippen molar-refractivity contribution in [3.63, 3.8) is 0 Å². The van der Waals surface area contributed by atoms with Gasteiger partial charge < -0.3 is 10.6 Å². The highest BCUT2D eigenvalue weighted by atomic mass is 19.1. The van der Waals surface area contributed by atoms with Crippen LogP contribution in [0.3, 0.4) is 0 Å². The van der Waals surface area contributed by atoms with E-state index in [1.807, 2.05) is 0 Å². The number of nitrogens with one attached hydrogen (secondary N) is 2. The van der Waals surface area contributed by atoms with Gasteiger partial charge in [0.05, 0.1) is 6.42 Å². The Bertz CT molecular complexity index is 403. The molecule has 4 heteroatoms. The molecule has 0 unspecified atom stereocenters. The largest absolute Gasteiger partial charge is 0.356 e. The minimum Gasteiger partial charge on any atom is -0.356 e. The normalized spacial score (nSPS) is 18.8. The summed E-state index contributed by atoms with van der Waals surface area (Å²) in [7, 11) is 0. The van der Waals surface area contributed by atoms with Crippen LogP contribution < -0.4 is 10.6 Å². The molecule has 0 saturated carbocycles. The van der Waals surface area contributed by atoms with E-state index in [2.05, 4.69) is 10.6 Å². The number of hydrogen-bond acceptors (Lipinski definition) is 2. The van der Waals surface area contributed by atoms with Crippen LogP contribution in [0.4, 0.5) is 4.39 Å². The fourth-order valence-corrected chi connectivity index (χ4v) is 2.27. The predicted octanol–water partition coefficient (Wildman–Crippen LogP) is 1.63. The molecule has 18 heavy (non-hydrogen) atoms. The number of benzene rings is 1. The van der Waals surface area contributed by atoms with Gasteiger partial charge in [-0.1, -0.05) is 18.2 Å². The molecule has 1 amide bonds.